The third kappa shape index (κ3) is 8.87. The van der Waals surface area contributed by atoms with Gasteiger partial charge >= 0.3 is 11.9 Å². The van der Waals surface area contributed by atoms with Crippen molar-refractivity contribution in [1.82, 2.24) is 10.2 Å². The van der Waals surface area contributed by atoms with Crippen molar-refractivity contribution in [1.29, 1.82) is 0 Å². The van der Waals surface area contributed by atoms with Gasteiger partial charge in [0.25, 0.3) is 0 Å². The number of hydrogen-bond acceptors (Lipinski definition) is 5. The normalized spacial score (nSPS) is 14.5. The SMILES string of the molecule is CC(=O)CCCN1CCNCC1(C(c1ccccc1)c1ccccc1)C(c1ccccc1)c1ccccc1.O=C(O)C=CC(=O)O. The number of carbonyl (C=O) groups is 3. The Labute approximate surface area is 271 Å². The summed E-state index contributed by atoms with van der Waals surface area (Å²) in [6.45, 7) is 5.31. The molecule has 0 saturated carbocycles. The van der Waals surface area contributed by atoms with Crippen LogP contribution in [0.25, 0.3) is 0 Å². The van der Waals surface area contributed by atoms with Gasteiger partial charge in [0.1, 0.15) is 5.78 Å². The summed E-state index contributed by atoms with van der Waals surface area (Å²) in [4.78, 5) is 33.8. The van der Waals surface area contributed by atoms with Crippen molar-refractivity contribution in [2.45, 2.75) is 37.1 Å². The van der Waals surface area contributed by atoms with Crippen LogP contribution >= 0.6 is 0 Å². The number of nitrogens with zero attached hydrogens (tertiary/aromatic N) is 1. The first-order chi connectivity index (χ1) is 22.3. The maximum absolute atomic E-state index is 12.0. The number of nitrogens with one attached hydrogen (secondary N) is 1. The molecule has 0 spiro atoms. The van der Waals surface area contributed by atoms with Gasteiger partial charge in [-0.1, -0.05) is 121 Å². The third-order valence-electron chi connectivity index (χ3n) is 8.41. The zero-order valence-corrected chi connectivity index (χ0v) is 26.2. The molecule has 1 aliphatic heterocycles. The van der Waals surface area contributed by atoms with Crippen LogP contribution < -0.4 is 5.32 Å². The van der Waals surface area contributed by atoms with E-state index in [4.69, 9.17) is 10.2 Å². The van der Waals surface area contributed by atoms with E-state index < -0.39 is 11.9 Å². The fraction of sp³-hybridized carbons (Fsp3) is 0.256. The third-order valence-corrected chi connectivity index (χ3v) is 8.41. The van der Waals surface area contributed by atoms with Gasteiger partial charge < -0.3 is 20.3 Å². The number of benzene rings is 4. The zero-order chi connectivity index (χ0) is 32.8. The van der Waals surface area contributed by atoms with E-state index >= 15 is 0 Å². The molecule has 7 heteroatoms. The van der Waals surface area contributed by atoms with Crippen molar-refractivity contribution >= 4 is 17.7 Å². The largest absolute Gasteiger partial charge is 0.478 e. The van der Waals surface area contributed by atoms with E-state index in [2.05, 4.69) is 132 Å². The molecular formula is C39H42N2O5. The lowest BCUT2D eigenvalue weighted by Crippen LogP contribution is -2.67. The number of ketones is 1. The van der Waals surface area contributed by atoms with Crippen molar-refractivity contribution in [2.75, 3.05) is 26.2 Å². The summed E-state index contributed by atoms with van der Waals surface area (Å²) >= 11 is 0. The fourth-order valence-electron chi connectivity index (χ4n) is 6.66. The molecule has 0 atom stereocenters. The first kappa shape index (κ1) is 34.0. The summed E-state index contributed by atoms with van der Waals surface area (Å²) < 4.78 is 0. The second-order valence-corrected chi connectivity index (χ2v) is 11.5. The fourth-order valence-corrected chi connectivity index (χ4v) is 6.66. The first-order valence-corrected chi connectivity index (χ1v) is 15.6. The molecular weight excluding hydrogens is 576 g/mol. The topological polar surface area (TPSA) is 107 Å². The highest BCUT2D eigenvalue weighted by Gasteiger charge is 2.52. The number of rotatable bonds is 12. The second-order valence-electron chi connectivity index (χ2n) is 11.5. The number of Topliss-reactive ketones (excluding diaryl/α,β-unsaturated/α-hetero) is 1. The van der Waals surface area contributed by atoms with Gasteiger partial charge in [-0.25, -0.2) is 9.59 Å². The Bertz CT molecular complexity index is 1380. The number of carbonyl (C=O) groups excluding carboxylic acids is 1. The molecule has 0 amide bonds. The molecule has 4 aromatic carbocycles. The maximum Gasteiger partial charge on any atom is 0.328 e. The number of aliphatic carboxylic acids is 2. The Morgan fingerprint density at radius 3 is 1.39 bits per heavy atom. The van der Waals surface area contributed by atoms with Crippen molar-refractivity contribution in [3.8, 4) is 0 Å². The van der Waals surface area contributed by atoms with Gasteiger partial charge in [-0.15, -0.1) is 0 Å². The van der Waals surface area contributed by atoms with Gasteiger partial charge in [0.05, 0.1) is 5.54 Å². The summed E-state index contributed by atoms with van der Waals surface area (Å²) in [6, 6.07) is 44.0. The predicted octanol–water partition coefficient (Wildman–Crippen LogP) is 6.38. The quantitative estimate of drug-likeness (QED) is 0.158. The number of carboxylic acids is 2. The Hall–Kier alpha value is -4.85. The van der Waals surface area contributed by atoms with Crippen LogP contribution in [0.2, 0.25) is 0 Å². The van der Waals surface area contributed by atoms with E-state index in [0.29, 0.717) is 18.6 Å². The lowest BCUT2D eigenvalue weighted by molar-refractivity contribution is -0.134. The molecule has 4 aromatic rings. The van der Waals surface area contributed by atoms with Gasteiger partial charge in [0, 0.05) is 50.0 Å². The minimum Gasteiger partial charge on any atom is -0.478 e. The summed E-state index contributed by atoms with van der Waals surface area (Å²) in [5.74, 6) is -2.03. The summed E-state index contributed by atoms with van der Waals surface area (Å²) in [6.07, 6.45) is 2.59. The van der Waals surface area contributed by atoms with Gasteiger partial charge in [-0.05, 0) is 42.1 Å². The number of piperazine rings is 1. The average molecular weight is 619 g/mol. The van der Waals surface area contributed by atoms with Crippen LogP contribution in [0.5, 0.6) is 0 Å². The molecule has 0 aromatic heterocycles. The molecule has 238 valence electrons. The van der Waals surface area contributed by atoms with E-state index in [1.54, 1.807) is 6.92 Å². The van der Waals surface area contributed by atoms with E-state index in [0.717, 1.165) is 32.6 Å². The molecule has 0 aliphatic carbocycles. The second kappa shape index (κ2) is 17.0. The first-order valence-electron chi connectivity index (χ1n) is 15.6. The van der Waals surface area contributed by atoms with Crippen LogP contribution in [0, 0.1) is 0 Å². The molecule has 1 saturated heterocycles. The van der Waals surface area contributed by atoms with Crippen LogP contribution in [-0.2, 0) is 14.4 Å². The maximum atomic E-state index is 12.0. The van der Waals surface area contributed by atoms with Crippen LogP contribution in [0.15, 0.2) is 133 Å². The average Bonchev–Trinajstić information content (AvgIpc) is 3.07. The highest BCUT2D eigenvalue weighted by molar-refractivity contribution is 5.89. The highest BCUT2D eigenvalue weighted by Crippen LogP contribution is 2.50. The van der Waals surface area contributed by atoms with Gasteiger partial charge in [-0.3, -0.25) is 4.90 Å². The molecule has 7 nitrogen and oxygen atoms in total. The predicted molar refractivity (Wildman–Crippen MR) is 181 cm³/mol. The lowest BCUT2D eigenvalue weighted by atomic mass is 9.62. The Morgan fingerprint density at radius 2 is 1.07 bits per heavy atom. The minimum absolute atomic E-state index is 0.112. The summed E-state index contributed by atoms with van der Waals surface area (Å²) in [5, 5.41) is 19.5. The molecule has 1 heterocycles. The standard InChI is InChI=1S/C35H38N2O.C4H4O4/c1-28(38)15-14-25-37-26-24-36-27-35(37,33(29-16-6-2-7-17-29)30-18-8-3-9-19-30)34(31-20-10-4-11-21-31)32-22-12-5-13-23-32;5-3(6)1-2-4(7)8/h2-13,16-23,33-34,36H,14-15,24-27H2,1H3;1-2H,(H,5,6)(H,7,8). The van der Waals surface area contributed by atoms with Gasteiger partial charge in [0.15, 0.2) is 0 Å². The molecule has 46 heavy (non-hydrogen) atoms. The summed E-state index contributed by atoms with van der Waals surface area (Å²) in [7, 11) is 0. The minimum atomic E-state index is -1.26. The van der Waals surface area contributed by atoms with E-state index in [-0.39, 0.29) is 23.2 Å². The van der Waals surface area contributed by atoms with Crippen LogP contribution in [0.1, 0.15) is 53.9 Å². The van der Waals surface area contributed by atoms with Gasteiger partial charge in [-0.2, -0.15) is 0 Å². The monoisotopic (exact) mass is 618 g/mol. The molecule has 5 rings (SSSR count). The van der Waals surface area contributed by atoms with Gasteiger partial charge in [0.2, 0.25) is 0 Å². The Balaban J connectivity index is 0.000000533. The molecule has 3 N–H and O–H groups in total. The Kier molecular flexibility index (Phi) is 12.6. The van der Waals surface area contributed by atoms with Crippen LogP contribution in [0.4, 0.5) is 0 Å². The van der Waals surface area contributed by atoms with E-state index in [9.17, 15) is 14.4 Å². The molecule has 1 aliphatic rings. The number of hydrogen-bond donors (Lipinski definition) is 3. The van der Waals surface area contributed by atoms with E-state index in [1.165, 1.54) is 22.3 Å². The molecule has 0 radical (unpaired) electrons. The smallest absolute Gasteiger partial charge is 0.328 e. The highest BCUT2D eigenvalue weighted by atomic mass is 16.4. The molecule has 0 unspecified atom stereocenters. The molecule has 0 bridgehead atoms. The Morgan fingerprint density at radius 1 is 0.696 bits per heavy atom. The molecule has 1 fully saturated rings. The summed E-state index contributed by atoms with van der Waals surface area (Å²) in [5.41, 5.74) is 4.96. The van der Waals surface area contributed by atoms with Crippen molar-refractivity contribution in [2.24, 2.45) is 0 Å². The van der Waals surface area contributed by atoms with Crippen LogP contribution in [-0.4, -0.2) is 64.6 Å². The van der Waals surface area contributed by atoms with Crippen molar-refractivity contribution in [3.63, 3.8) is 0 Å². The van der Waals surface area contributed by atoms with Crippen LogP contribution in [0.3, 0.4) is 0 Å². The van der Waals surface area contributed by atoms with E-state index in [1.807, 2.05) is 0 Å². The number of carboxylic acid groups (broad SMARTS) is 2. The lowest BCUT2D eigenvalue weighted by Gasteiger charge is -2.56. The van der Waals surface area contributed by atoms with Crippen molar-refractivity contribution in [3.05, 3.63) is 156 Å². The zero-order valence-electron chi connectivity index (χ0n) is 26.2. The van der Waals surface area contributed by atoms with Crippen molar-refractivity contribution < 1.29 is 24.6 Å².